The van der Waals surface area contributed by atoms with Crippen LogP contribution in [0.1, 0.15) is 16.4 Å². The maximum absolute atomic E-state index is 12.6. The summed E-state index contributed by atoms with van der Waals surface area (Å²) >= 11 is 0. The van der Waals surface area contributed by atoms with Gasteiger partial charge in [-0.2, -0.15) is 26.3 Å². The molecule has 1 aromatic rings. The number of sulfonamides is 1. The quantitative estimate of drug-likeness (QED) is 0.854. The van der Waals surface area contributed by atoms with Gasteiger partial charge in [0.2, 0.25) is 10.0 Å². The van der Waals surface area contributed by atoms with Crippen molar-refractivity contribution in [3.63, 3.8) is 0 Å². The van der Waals surface area contributed by atoms with Gasteiger partial charge in [-0.3, -0.25) is 0 Å². The van der Waals surface area contributed by atoms with E-state index >= 15 is 0 Å². The van der Waals surface area contributed by atoms with Gasteiger partial charge in [-0.05, 0) is 11.6 Å². The van der Waals surface area contributed by atoms with E-state index in [1.54, 1.807) is 0 Å². The number of halogens is 6. The Morgan fingerprint density at radius 3 is 1.84 bits per heavy atom. The third-order valence-electron chi connectivity index (χ3n) is 2.17. The first-order chi connectivity index (χ1) is 8.35. The summed E-state index contributed by atoms with van der Waals surface area (Å²) in [7, 11) is -5.28. The molecule has 0 aromatic heterocycles. The third kappa shape index (κ3) is 3.60. The highest BCUT2D eigenvalue weighted by Gasteiger charge is 2.51. The number of primary sulfonamides is 1. The van der Waals surface area contributed by atoms with Gasteiger partial charge in [0.05, 0.1) is 5.56 Å². The van der Waals surface area contributed by atoms with E-state index in [9.17, 15) is 34.8 Å². The predicted molar refractivity (Wildman–Crippen MR) is 53.3 cm³/mol. The highest BCUT2D eigenvalue weighted by Crippen LogP contribution is 2.43. The number of hydrogen-bond acceptors (Lipinski definition) is 2. The van der Waals surface area contributed by atoms with E-state index in [2.05, 4.69) is 5.14 Å². The summed E-state index contributed by atoms with van der Waals surface area (Å²) in [5, 5.41) is 0.976. The van der Waals surface area contributed by atoms with Gasteiger partial charge in [-0.25, -0.2) is 13.6 Å². The zero-order chi connectivity index (χ0) is 15.1. The Morgan fingerprint density at radius 1 is 1.00 bits per heavy atom. The van der Waals surface area contributed by atoms with Crippen molar-refractivity contribution in [2.24, 2.45) is 5.14 Å². The fourth-order valence-electron chi connectivity index (χ4n) is 1.52. The van der Waals surface area contributed by atoms with Gasteiger partial charge in [0, 0.05) is 0 Å². The van der Waals surface area contributed by atoms with Crippen LogP contribution < -0.4 is 5.14 Å². The number of hydrogen-bond donors (Lipinski definition) is 1. The van der Waals surface area contributed by atoms with Gasteiger partial charge in [0.15, 0.2) is 5.25 Å². The topological polar surface area (TPSA) is 60.2 Å². The molecule has 0 fully saturated rings. The smallest absolute Gasteiger partial charge is 0.228 e. The van der Waals surface area contributed by atoms with Crippen molar-refractivity contribution in [1.82, 2.24) is 0 Å². The number of nitrogens with two attached hydrogens (primary N) is 1. The van der Waals surface area contributed by atoms with E-state index in [1.165, 1.54) is 0 Å². The Kier molecular flexibility index (Phi) is 3.88. The maximum atomic E-state index is 12.6. The van der Waals surface area contributed by atoms with E-state index in [0.29, 0.717) is 12.1 Å². The van der Waals surface area contributed by atoms with Crippen LogP contribution in [0.5, 0.6) is 0 Å². The molecule has 10 heteroatoms. The summed E-state index contributed by atoms with van der Waals surface area (Å²) in [6.07, 6.45) is -10.6. The van der Waals surface area contributed by atoms with Crippen molar-refractivity contribution in [3.05, 3.63) is 35.4 Å². The minimum Gasteiger partial charge on any atom is -0.228 e. The van der Waals surface area contributed by atoms with Crippen molar-refractivity contribution in [3.8, 4) is 0 Å². The second kappa shape index (κ2) is 4.67. The zero-order valence-corrected chi connectivity index (χ0v) is 9.77. The first-order valence-electron chi connectivity index (χ1n) is 4.59. The number of alkyl halides is 6. The highest BCUT2D eigenvalue weighted by atomic mass is 32.2. The fourth-order valence-corrected chi connectivity index (χ4v) is 2.46. The lowest BCUT2D eigenvalue weighted by molar-refractivity contribution is -0.144. The van der Waals surface area contributed by atoms with Gasteiger partial charge in [0.1, 0.15) is 0 Å². The summed E-state index contributed by atoms with van der Waals surface area (Å²) in [6, 6.07) is 2.52. The van der Waals surface area contributed by atoms with Gasteiger partial charge >= 0.3 is 12.4 Å². The fraction of sp³-hybridized carbons (Fsp3) is 0.333. The maximum Gasteiger partial charge on any atom is 0.416 e. The molecule has 0 saturated carbocycles. The molecule has 3 nitrogen and oxygen atoms in total. The largest absolute Gasteiger partial charge is 0.416 e. The van der Waals surface area contributed by atoms with Crippen LogP contribution in [0.25, 0.3) is 0 Å². The molecule has 108 valence electrons. The Balaban J connectivity index is 3.59. The Hall–Kier alpha value is -1.29. The molecule has 1 atom stereocenters. The molecule has 2 N–H and O–H groups in total. The summed E-state index contributed by atoms with van der Waals surface area (Å²) in [5.74, 6) is 0. The summed E-state index contributed by atoms with van der Waals surface area (Å²) < 4.78 is 97.6. The minimum absolute atomic E-state index is 0.360. The minimum atomic E-state index is -5.45. The predicted octanol–water partition coefficient (Wildman–Crippen LogP) is 2.60. The molecule has 0 radical (unpaired) electrons. The highest BCUT2D eigenvalue weighted by molar-refractivity contribution is 7.89. The van der Waals surface area contributed by atoms with Crippen LogP contribution in [0.2, 0.25) is 0 Å². The molecule has 0 amide bonds. The molecule has 0 aliphatic rings. The van der Waals surface area contributed by atoms with Crippen LogP contribution in [0.15, 0.2) is 24.3 Å². The molecule has 19 heavy (non-hydrogen) atoms. The third-order valence-corrected chi connectivity index (χ3v) is 3.35. The average Bonchev–Trinajstić information content (AvgIpc) is 2.11. The van der Waals surface area contributed by atoms with Crippen molar-refractivity contribution >= 4 is 10.0 Å². The molecule has 1 unspecified atom stereocenters. The number of rotatable bonds is 2. The van der Waals surface area contributed by atoms with Gasteiger partial charge < -0.3 is 0 Å². The summed E-state index contributed by atoms with van der Waals surface area (Å²) in [4.78, 5) is 0. The van der Waals surface area contributed by atoms with Crippen LogP contribution in [0, 0.1) is 0 Å². The molecular formula is C9H7F6NO2S. The van der Waals surface area contributed by atoms with Crippen LogP contribution in [-0.2, 0) is 16.2 Å². The van der Waals surface area contributed by atoms with Gasteiger partial charge in [-0.1, -0.05) is 18.2 Å². The normalized spacial score (nSPS) is 15.3. The molecule has 0 spiro atoms. The zero-order valence-electron chi connectivity index (χ0n) is 8.96. The molecule has 1 aromatic carbocycles. The SMILES string of the molecule is NS(=O)(=O)C(c1ccccc1C(F)(F)F)C(F)(F)F. The summed E-state index contributed by atoms with van der Waals surface area (Å²) in [6.45, 7) is 0. The van der Waals surface area contributed by atoms with Gasteiger partial charge in [0.25, 0.3) is 0 Å². The molecular weight excluding hydrogens is 300 g/mol. The lowest BCUT2D eigenvalue weighted by atomic mass is 10.0. The lowest BCUT2D eigenvalue weighted by Crippen LogP contribution is -2.34. The molecule has 1 rings (SSSR count). The van der Waals surface area contributed by atoms with E-state index < -0.39 is 38.8 Å². The second-order valence-electron chi connectivity index (χ2n) is 3.60. The van der Waals surface area contributed by atoms with Crippen LogP contribution in [-0.4, -0.2) is 14.6 Å². The molecule has 0 aliphatic heterocycles. The average molecular weight is 307 g/mol. The van der Waals surface area contributed by atoms with Crippen LogP contribution >= 0.6 is 0 Å². The number of benzene rings is 1. The monoisotopic (exact) mass is 307 g/mol. The molecule has 0 saturated heterocycles. The van der Waals surface area contributed by atoms with Crippen LogP contribution in [0.4, 0.5) is 26.3 Å². The Labute approximate surface area is 104 Å². The standard InChI is InChI=1S/C9H7F6NO2S/c10-8(11,12)6-4-2-1-3-5(6)7(9(13,14)15)19(16,17)18/h1-4,7H,(H2,16,17,18). The van der Waals surface area contributed by atoms with Crippen molar-refractivity contribution in [2.75, 3.05) is 0 Å². The molecule has 0 bridgehead atoms. The van der Waals surface area contributed by atoms with Gasteiger partial charge in [-0.15, -0.1) is 0 Å². The van der Waals surface area contributed by atoms with E-state index in [1.807, 2.05) is 0 Å². The second-order valence-corrected chi connectivity index (χ2v) is 5.25. The molecule has 0 heterocycles. The Bertz CT molecular complexity index is 563. The van der Waals surface area contributed by atoms with Crippen molar-refractivity contribution in [2.45, 2.75) is 17.6 Å². The van der Waals surface area contributed by atoms with Crippen molar-refractivity contribution < 1.29 is 34.8 Å². The lowest BCUT2D eigenvalue weighted by Gasteiger charge is -2.22. The van der Waals surface area contributed by atoms with Crippen LogP contribution in [0.3, 0.4) is 0 Å². The van der Waals surface area contributed by atoms with E-state index in [4.69, 9.17) is 0 Å². The first kappa shape index (κ1) is 15.8. The van der Waals surface area contributed by atoms with Crippen molar-refractivity contribution in [1.29, 1.82) is 0 Å². The molecule has 0 aliphatic carbocycles. The first-order valence-corrected chi connectivity index (χ1v) is 6.20. The van der Waals surface area contributed by atoms with E-state index in [0.717, 1.165) is 12.1 Å². The summed E-state index contributed by atoms with van der Waals surface area (Å²) in [5.41, 5.74) is -3.13. The van der Waals surface area contributed by atoms with E-state index in [-0.39, 0.29) is 0 Å². The Morgan fingerprint density at radius 2 is 1.47 bits per heavy atom.